The van der Waals surface area contributed by atoms with E-state index in [1.54, 1.807) is 12.1 Å². The molecule has 0 heterocycles. The monoisotopic (exact) mass is 333 g/mol. The van der Waals surface area contributed by atoms with E-state index in [-0.39, 0.29) is 5.91 Å². The molecule has 0 spiro atoms. The highest BCUT2D eigenvalue weighted by Crippen LogP contribution is 2.20. The Labute approximate surface area is 139 Å². The summed E-state index contributed by atoms with van der Waals surface area (Å²) in [6, 6.07) is 12.9. The number of halogens is 1. The summed E-state index contributed by atoms with van der Waals surface area (Å²) in [7, 11) is 0. The fourth-order valence-corrected chi connectivity index (χ4v) is 2.22. The van der Waals surface area contributed by atoms with Crippen molar-refractivity contribution in [2.75, 3.05) is 16.0 Å². The van der Waals surface area contributed by atoms with Gasteiger partial charge in [0.15, 0.2) is 5.11 Å². The minimum atomic E-state index is -0.103. The van der Waals surface area contributed by atoms with Gasteiger partial charge in [0.1, 0.15) is 0 Å². The molecule has 0 fully saturated rings. The number of rotatable bonds is 3. The van der Waals surface area contributed by atoms with Crippen LogP contribution in [0.1, 0.15) is 12.5 Å². The molecule has 0 aliphatic heterocycles. The van der Waals surface area contributed by atoms with Gasteiger partial charge >= 0.3 is 0 Å². The maximum Gasteiger partial charge on any atom is 0.221 e. The Balaban J connectivity index is 1.96. The second-order valence-corrected chi connectivity index (χ2v) is 5.62. The summed E-state index contributed by atoms with van der Waals surface area (Å²) < 4.78 is 0. The van der Waals surface area contributed by atoms with Crippen LogP contribution in [0.4, 0.5) is 17.1 Å². The molecule has 6 heteroatoms. The van der Waals surface area contributed by atoms with Crippen LogP contribution in [0.2, 0.25) is 5.02 Å². The molecule has 0 atom stereocenters. The van der Waals surface area contributed by atoms with Crippen molar-refractivity contribution in [1.29, 1.82) is 0 Å². The van der Waals surface area contributed by atoms with Crippen molar-refractivity contribution < 1.29 is 4.79 Å². The van der Waals surface area contributed by atoms with Gasteiger partial charge in [-0.25, -0.2) is 0 Å². The molecule has 4 nitrogen and oxygen atoms in total. The number of carbonyl (C=O) groups is 1. The Hall–Kier alpha value is -2.11. The van der Waals surface area contributed by atoms with Gasteiger partial charge in [0, 0.05) is 29.0 Å². The summed E-state index contributed by atoms with van der Waals surface area (Å²) in [6.45, 7) is 3.41. The Kier molecular flexibility index (Phi) is 5.35. The molecule has 0 aliphatic rings. The molecule has 0 aromatic heterocycles. The average molecular weight is 334 g/mol. The van der Waals surface area contributed by atoms with Crippen molar-refractivity contribution in [3.8, 4) is 0 Å². The van der Waals surface area contributed by atoms with E-state index in [1.165, 1.54) is 6.92 Å². The van der Waals surface area contributed by atoms with E-state index in [2.05, 4.69) is 16.0 Å². The zero-order valence-electron chi connectivity index (χ0n) is 12.2. The Morgan fingerprint density at radius 3 is 2.00 bits per heavy atom. The van der Waals surface area contributed by atoms with Gasteiger partial charge in [-0.1, -0.05) is 17.7 Å². The van der Waals surface area contributed by atoms with Gasteiger partial charge in [-0.2, -0.15) is 0 Å². The van der Waals surface area contributed by atoms with Crippen molar-refractivity contribution in [2.24, 2.45) is 0 Å². The molecule has 0 unspecified atom stereocenters. The molecule has 0 saturated carbocycles. The quantitative estimate of drug-likeness (QED) is 0.728. The fourth-order valence-electron chi connectivity index (χ4n) is 1.80. The topological polar surface area (TPSA) is 53.2 Å². The number of benzene rings is 2. The minimum Gasteiger partial charge on any atom is -0.332 e. The smallest absolute Gasteiger partial charge is 0.221 e. The van der Waals surface area contributed by atoms with Crippen molar-refractivity contribution in [3.05, 3.63) is 53.1 Å². The number of amides is 1. The summed E-state index contributed by atoms with van der Waals surface area (Å²) in [5, 5.41) is 10.0. The molecular formula is C16H16ClN3OS. The minimum absolute atomic E-state index is 0.103. The molecule has 22 heavy (non-hydrogen) atoms. The van der Waals surface area contributed by atoms with Crippen molar-refractivity contribution in [1.82, 2.24) is 0 Å². The summed E-state index contributed by atoms with van der Waals surface area (Å²) >= 11 is 11.3. The van der Waals surface area contributed by atoms with Crippen LogP contribution in [0.15, 0.2) is 42.5 Å². The third-order valence-electron chi connectivity index (χ3n) is 2.89. The number of hydrogen-bond donors (Lipinski definition) is 3. The molecule has 0 radical (unpaired) electrons. The fraction of sp³-hybridized carbons (Fsp3) is 0.125. The third-order valence-corrected chi connectivity index (χ3v) is 3.50. The number of hydrogen-bond acceptors (Lipinski definition) is 2. The molecule has 114 valence electrons. The Morgan fingerprint density at radius 2 is 1.45 bits per heavy atom. The van der Waals surface area contributed by atoms with Gasteiger partial charge in [0.25, 0.3) is 0 Å². The molecule has 0 saturated heterocycles. The first kappa shape index (κ1) is 16.3. The number of nitrogens with one attached hydrogen (secondary N) is 3. The van der Waals surface area contributed by atoms with E-state index >= 15 is 0 Å². The number of carbonyl (C=O) groups excluding carboxylic acids is 1. The molecule has 3 N–H and O–H groups in total. The Bertz CT molecular complexity index is 701. The molecule has 2 rings (SSSR count). The number of thiocarbonyl (C=S) groups is 1. The van der Waals surface area contributed by atoms with Gasteiger partial charge in [0.2, 0.25) is 5.91 Å². The highest BCUT2D eigenvalue weighted by Gasteiger charge is 2.02. The maximum absolute atomic E-state index is 11.0. The van der Waals surface area contributed by atoms with Gasteiger partial charge < -0.3 is 16.0 Å². The van der Waals surface area contributed by atoms with Crippen LogP contribution in [-0.4, -0.2) is 11.0 Å². The predicted octanol–water partition coefficient (Wildman–Crippen LogP) is 4.42. The van der Waals surface area contributed by atoms with E-state index in [0.29, 0.717) is 10.1 Å². The lowest BCUT2D eigenvalue weighted by Gasteiger charge is -2.12. The first-order valence-corrected chi connectivity index (χ1v) is 7.44. The summed E-state index contributed by atoms with van der Waals surface area (Å²) in [5.41, 5.74) is 3.40. The van der Waals surface area contributed by atoms with E-state index in [1.807, 2.05) is 37.3 Å². The SMILES string of the molecule is CC(=O)Nc1ccc(NC(=S)Nc2ccc(C)c(Cl)c2)cc1. The lowest BCUT2D eigenvalue weighted by Crippen LogP contribution is -2.19. The van der Waals surface area contributed by atoms with E-state index in [4.69, 9.17) is 23.8 Å². The van der Waals surface area contributed by atoms with E-state index in [0.717, 1.165) is 22.6 Å². The second kappa shape index (κ2) is 7.24. The second-order valence-electron chi connectivity index (χ2n) is 4.80. The highest BCUT2D eigenvalue weighted by molar-refractivity contribution is 7.80. The third kappa shape index (κ3) is 4.72. The first-order valence-electron chi connectivity index (χ1n) is 6.66. The van der Waals surface area contributed by atoms with Crippen LogP contribution >= 0.6 is 23.8 Å². The van der Waals surface area contributed by atoms with Crippen LogP contribution in [0.25, 0.3) is 0 Å². The van der Waals surface area contributed by atoms with Crippen LogP contribution in [-0.2, 0) is 4.79 Å². The zero-order valence-corrected chi connectivity index (χ0v) is 13.8. The highest BCUT2D eigenvalue weighted by atomic mass is 35.5. The molecule has 0 aliphatic carbocycles. The van der Waals surface area contributed by atoms with Crippen molar-refractivity contribution in [3.63, 3.8) is 0 Å². The van der Waals surface area contributed by atoms with Crippen LogP contribution in [0.5, 0.6) is 0 Å². The average Bonchev–Trinajstić information content (AvgIpc) is 2.44. The number of anilines is 3. The summed E-state index contributed by atoms with van der Waals surface area (Å²) in [4.78, 5) is 11.0. The van der Waals surface area contributed by atoms with Crippen LogP contribution in [0, 0.1) is 6.92 Å². The number of aryl methyl sites for hydroxylation is 1. The van der Waals surface area contributed by atoms with Gasteiger partial charge in [-0.15, -0.1) is 0 Å². The molecular weight excluding hydrogens is 318 g/mol. The van der Waals surface area contributed by atoms with Crippen LogP contribution < -0.4 is 16.0 Å². The van der Waals surface area contributed by atoms with Crippen molar-refractivity contribution >= 4 is 51.9 Å². The standard InChI is InChI=1S/C16H16ClN3OS/c1-10-3-4-14(9-15(10)17)20-16(22)19-13-7-5-12(6-8-13)18-11(2)21/h3-9H,1-2H3,(H,18,21)(H2,19,20,22). The lowest BCUT2D eigenvalue weighted by molar-refractivity contribution is -0.114. The molecule has 2 aromatic rings. The zero-order chi connectivity index (χ0) is 16.1. The van der Waals surface area contributed by atoms with E-state index < -0.39 is 0 Å². The van der Waals surface area contributed by atoms with Crippen molar-refractivity contribution in [2.45, 2.75) is 13.8 Å². The molecule has 2 aromatic carbocycles. The summed E-state index contributed by atoms with van der Waals surface area (Å²) in [6.07, 6.45) is 0. The summed E-state index contributed by atoms with van der Waals surface area (Å²) in [5.74, 6) is -0.103. The molecule has 1 amide bonds. The van der Waals surface area contributed by atoms with Crippen LogP contribution in [0.3, 0.4) is 0 Å². The Morgan fingerprint density at radius 1 is 0.955 bits per heavy atom. The van der Waals surface area contributed by atoms with Gasteiger partial charge in [0.05, 0.1) is 0 Å². The van der Waals surface area contributed by atoms with E-state index in [9.17, 15) is 4.79 Å². The predicted molar refractivity (Wildman–Crippen MR) is 96.8 cm³/mol. The van der Waals surface area contributed by atoms with Gasteiger partial charge in [-0.3, -0.25) is 4.79 Å². The van der Waals surface area contributed by atoms with Gasteiger partial charge in [-0.05, 0) is 61.1 Å². The first-order chi connectivity index (χ1) is 10.4. The normalized spacial score (nSPS) is 9.95. The molecule has 0 bridgehead atoms. The lowest BCUT2D eigenvalue weighted by atomic mass is 10.2. The maximum atomic E-state index is 11.0. The largest absolute Gasteiger partial charge is 0.332 e.